The number of rotatable bonds is 9. The molecule has 20 heavy (non-hydrogen) atoms. The van der Waals surface area contributed by atoms with E-state index in [1.54, 1.807) is 7.11 Å². The van der Waals surface area contributed by atoms with E-state index in [0.717, 1.165) is 5.56 Å². The standard InChI is InChI=1S/C15H22O5/c1-3-20-10-13(16)9-12(15(17)18)7-11-5-4-6-14(8-11)19-2/h4-6,8,12-13,16H,3,7,9-10H2,1-2H3,(H,17,18). The van der Waals surface area contributed by atoms with E-state index < -0.39 is 18.0 Å². The van der Waals surface area contributed by atoms with Crippen molar-refractivity contribution in [3.8, 4) is 5.75 Å². The normalized spacial score (nSPS) is 13.8. The number of ether oxygens (including phenoxy) is 2. The van der Waals surface area contributed by atoms with Crippen molar-refractivity contribution in [3.63, 3.8) is 0 Å². The summed E-state index contributed by atoms with van der Waals surface area (Å²) in [5.41, 5.74) is 0.875. The Morgan fingerprint density at radius 2 is 2.15 bits per heavy atom. The van der Waals surface area contributed by atoms with Gasteiger partial charge in [-0.3, -0.25) is 4.79 Å². The average molecular weight is 282 g/mol. The van der Waals surface area contributed by atoms with Crippen molar-refractivity contribution in [1.82, 2.24) is 0 Å². The largest absolute Gasteiger partial charge is 0.497 e. The number of methoxy groups -OCH3 is 1. The summed E-state index contributed by atoms with van der Waals surface area (Å²) in [6, 6.07) is 7.30. The van der Waals surface area contributed by atoms with E-state index >= 15 is 0 Å². The van der Waals surface area contributed by atoms with Crippen LogP contribution in [0, 0.1) is 5.92 Å². The minimum Gasteiger partial charge on any atom is -0.497 e. The van der Waals surface area contributed by atoms with Crippen molar-refractivity contribution in [2.45, 2.75) is 25.9 Å². The lowest BCUT2D eigenvalue weighted by atomic mass is 9.94. The van der Waals surface area contributed by atoms with E-state index in [1.165, 1.54) is 0 Å². The lowest BCUT2D eigenvalue weighted by molar-refractivity contribution is -0.143. The molecule has 0 aromatic heterocycles. The molecule has 0 saturated heterocycles. The molecule has 112 valence electrons. The van der Waals surface area contributed by atoms with Crippen LogP contribution in [-0.2, 0) is 16.0 Å². The van der Waals surface area contributed by atoms with Crippen LogP contribution in [0.5, 0.6) is 5.75 Å². The van der Waals surface area contributed by atoms with Gasteiger partial charge in [0.25, 0.3) is 0 Å². The van der Waals surface area contributed by atoms with Gasteiger partial charge in [-0.2, -0.15) is 0 Å². The Labute approximate surface area is 119 Å². The maximum atomic E-state index is 11.3. The monoisotopic (exact) mass is 282 g/mol. The fourth-order valence-corrected chi connectivity index (χ4v) is 2.01. The first kappa shape index (κ1) is 16.5. The molecule has 2 N–H and O–H groups in total. The van der Waals surface area contributed by atoms with E-state index in [1.807, 2.05) is 31.2 Å². The molecule has 5 nitrogen and oxygen atoms in total. The Bertz CT molecular complexity index is 418. The van der Waals surface area contributed by atoms with Gasteiger partial charge >= 0.3 is 5.97 Å². The number of hydrogen-bond acceptors (Lipinski definition) is 4. The Balaban J connectivity index is 2.64. The third-order valence-corrected chi connectivity index (χ3v) is 3.04. The molecule has 0 bridgehead atoms. The lowest BCUT2D eigenvalue weighted by Crippen LogP contribution is -2.25. The molecule has 0 saturated carbocycles. The second-order valence-corrected chi connectivity index (χ2v) is 4.64. The molecular formula is C15H22O5. The fraction of sp³-hybridized carbons (Fsp3) is 0.533. The zero-order valence-electron chi connectivity index (χ0n) is 11.9. The maximum absolute atomic E-state index is 11.3. The predicted molar refractivity (Wildman–Crippen MR) is 74.9 cm³/mol. The number of carbonyl (C=O) groups is 1. The van der Waals surface area contributed by atoms with Gasteiger partial charge in [-0.1, -0.05) is 12.1 Å². The van der Waals surface area contributed by atoms with E-state index in [2.05, 4.69) is 0 Å². The molecule has 5 heteroatoms. The second-order valence-electron chi connectivity index (χ2n) is 4.64. The summed E-state index contributed by atoms with van der Waals surface area (Å²) in [5.74, 6) is -0.859. The highest BCUT2D eigenvalue weighted by Gasteiger charge is 2.22. The van der Waals surface area contributed by atoms with Crippen LogP contribution >= 0.6 is 0 Å². The van der Waals surface area contributed by atoms with Crippen LogP contribution in [-0.4, -0.2) is 42.6 Å². The van der Waals surface area contributed by atoms with Gasteiger partial charge < -0.3 is 19.7 Å². The molecule has 1 rings (SSSR count). The molecular weight excluding hydrogens is 260 g/mol. The van der Waals surface area contributed by atoms with E-state index in [9.17, 15) is 15.0 Å². The van der Waals surface area contributed by atoms with Crippen LogP contribution in [0.4, 0.5) is 0 Å². The smallest absolute Gasteiger partial charge is 0.306 e. The quantitative estimate of drug-likeness (QED) is 0.721. The summed E-state index contributed by atoms with van der Waals surface area (Å²) < 4.78 is 10.2. The first-order valence-corrected chi connectivity index (χ1v) is 6.68. The van der Waals surface area contributed by atoms with Crippen molar-refractivity contribution in [1.29, 1.82) is 0 Å². The molecule has 0 spiro atoms. The van der Waals surface area contributed by atoms with Crippen molar-refractivity contribution < 1.29 is 24.5 Å². The summed E-state index contributed by atoms with van der Waals surface area (Å²) in [6.45, 7) is 2.50. The topological polar surface area (TPSA) is 76.0 Å². The third kappa shape index (κ3) is 5.59. The van der Waals surface area contributed by atoms with Gasteiger partial charge in [0, 0.05) is 6.61 Å². The van der Waals surface area contributed by atoms with Gasteiger partial charge in [0.15, 0.2) is 0 Å². The highest BCUT2D eigenvalue weighted by atomic mass is 16.5. The molecule has 0 aliphatic heterocycles. The van der Waals surface area contributed by atoms with Gasteiger partial charge in [-0.15, -0.1) is 0 Å². The maximum Gasteiger partial charge on any atom is 0.306 e. The summed E-state index contributed by atoms with van der Waals surface area (Å²) in [4.78, 5) is 11.3. The predicted octanol–water partition coefficient (Wildman–Crippen LogP) is 1.73. The van der Waals surface area contributed by atoms with Gasteiger partial charge in [-0.05, 0) is 37.5 Å². The van der Waals surface area contributed by atoms with Crippen LogP contribution < -0.4 is 4.74 Å². The highest BCUT2D eigenvalue weighted by molar-refractivity contribution is 5.70. The van der Waals surface area contributed by atoms with Crippen LogP contribution in [0.15, 0.2) is 24.3 Å². The molecule has 1 aromatic rings. The summed E-state index contributed by atoms with van der Waals surface area (Å²) in [5, 5.41) is 19.0. The van der Waals surface area contributed by atoms with Crippen LogP contribution in [0.1, 0.15) is 18.9 Å². The molecule has 0 radical (unpaired) electrons. The molecule has 2 atom stereocenters. The average Bonchev–Trinajstić information content (AvgIpc) is 2.44. The molecule has 0 heterocycles. The van der Waals surface area contributed by atoms with Crippen molar-refractivity contribution >= 4 is 5.97 Å². The number of hydrogen-bond donors (Lipinski definition) is 2. The number of aliphatic hydroxyl groups excluding tert-OH is 1. The Morgan fingerprint density at radius 3 is 2.75 bits per heavy atom. The Morgan fingerprint density at radius 1 is 1.40 bits per heavy atom. The zero-order chi connectivity index (χ0) is 15.0. The molecule has 2 unspecified atom stereocenters. The summed E-state index contributed by atoms with van der Waals surface area (Å²) >= 11 is 0. The van der Waals surface area contributed by atoms with Crippen LogP contribution in [0.3, 0.4) is 0 Å². The zero-order valence-corrected chi connectivity index (χ0v) is 11.9. The Hall–Kier alpha value is -1.59. The van der Waals surface area contributed by atoms with Gasteiger partial charge in [0.05, 0.1) is 25.7 Å². The van der Waals surface area contributed by atoms with Crippen LogP contribution in [0.25, 0.3) is 0 Å². The first-order valence-electron chi connectivity index (χ1n) is 6.68. The van der Waals surface area contributed by atoms with E-state index in [-0.39, 0.29) is 13.0 Å². The highest BCUT2D eigenvalue weighted by Crippen LogP contribution is 2.19. The number of benzene rings is 1. The van der Waals surface area contributed by atoms with Crippen molar-refractivity contribution in [3.05, 3.63) is 29.8 Å². The number of carboxylic acid groups (broad SMARTS) is 1. The molecule has 0 aliphatic carbocycles. The molecule has 0 aliphatic rings. The number of aliphatic hydroxyl groups is 1. The minimum atomic E-state index is -0.914. The van der Waals surface area contributed by atoms with Gasteiger partial charge in [-0.25, -0.2) is 0 Å². The molecule has 0 amide bonds. The van der Waals surface area contributed by atoms with E-state index in [4.69, 9.17) is 9.47 Å². The first-order chi connectivity index (χ1) is 9.56. The molecule has 0 fully saturated rings. The SMILES string of the molecule is CCOCC(O)CC(Cc1cccc(OC)c1)C(=O)O. The Kier molecular flexibility index (Phi) is 7.04. The van der Waals surface area contributed by atoms with E-state index in [0.29, 0.717) is 18.8 Å². The number of aliphatic carboxylic acids is 1. The van der Waals surface area contributed by atoms with Gasteiger partial charge in [0.2, 0.25) is 0 Å². The molecule has 1 aromatic carbocycles. The number of carboxylic acids is 1. The lowest BCUT2D eigenvalue weighted by Gasteiger charge is -2.17. The minimum absolute atomic E-state index is 0.165. The fourth-order valence-electron chi connectivity index (χ4n) is 2.01. The summed E-state index contributed by atoms with van der Waals surface area (Å²) in [6.07, 6.45) is -0.232. The third-order valence-electron chi connectivity index (χ3n) is 3.04. The van der Waals surface area contributed by atoms with Crippen molar-refractivity contribution in [2.75, 3.05) is 20.3 Å². The van der Waals surface area contributed by atoms with Crippen molar-refractivity contribution in [2.24, 2.45) is 5.92 Å². The van der Waals surface area contributed by atoms with Crippen LogP contribution in [0.2, 0.25) is 0 Å². The second kappa shape index (κ2) is 8.55. The van der Waals surface area contributed by atoms with Gasteiger partial charge in [0.1, 0.15) is 5.75 Å². The summed E-state index contributed by atoms with van der Waals surface area (Å²) in [7, 11) is 1.57.